The molecule has 0 N–H and O–H groups in total. The number of hydrogen-bond acceptors (Lipinski definition) is 0. The van der Waals surface area contributed by atoms with Gasteiger partial charge in [-0.25, -0.2) is 0 Å². The van der Waals surface area contributed by atoms with Gasteiger partial charge in [0.2, 0.25) is 0 Å². The van der Waals surface area contributed by atoms with Crippen LogP contribution in [0.15, 0.2) is 0 Å². The lowest BCUT2D eigenvalue weighted by Gasteiger charge is -2.34. The van der Waals surface area contributed by atoms with Crippen LogP contribution in [-0.2, 0) is 0 Å². The summed E-state index contributed by atoms with van der Waals surface area (Å²) >= 11 is 3.81. The van der Waals surface area contributed by atoms with Crippen LogP contribution in [0.1, 0.15) is 40.0 Å². The van der Waals surface area contributed by atoms with Crippen molar-refractivity contribution in [3.63, 3.8) is 0 Å². The van der Waals surface area contributed by atoms with Crippen LogP contribution in [0.3, 0.4) is 0 Å². The molecule has 0 aromatic heterocycles. The summed E-state index contributed by atoms with van der Waals surface area (Å²) < 4.78 is 0. The minimum Gasteiger partial charge on any atom is -0.0887 e. The molecule has 0 amide bonds. The molecule has 0 aliphatic heterocycles. The molecular formula is C10H17Br. The summed E-state index contributed by atoms with van der Waals surface area (Å²) in [4.78, 5) is 0.802. The predicted octanol–water partition coefficient (Wildman–Crippen LogP) is 3.60. The third-order valence-corrected chi connectivity index (χ3v) is 5.53. The first-order valence-electron chi connectivity index (χ1n) is 4.61. The number of alkyl halides is 1. The van der Waals surface area contributed by atoms with Gasteiger partial charge in [0.05, 0.1) is 0 Å². The first-order valence-corrected chi connectivity index (χ1v) is 5.53. The van der Waals surface area contributed by atoms with E-state index in [0.717, 1.165) is 10.7 Å². The summed E-state index contributed by atoms with van der Waals surface area (Å²) in [5, 5.41) is 0. The fourth-order valence-electron chi connectivity index (χ4n) is 3.18. The van der Waals surface area contributed by atoms with Crippen molar-refractivity contribution in [3.8, 4) is 0 Å². The monoisotopic (exact) mass is 216 g/mol. The fourth-order valence-corrected chi connectivity index (χ4v) is 4.82. The van der Waals surface area contributed by atoms with Crippen LogP contribution in [0.5, 0.6) is 0 Å². The standard InChI is InChI=1S/C10H17Br/c1-9(2)7-4-5-10(9,3)6-8(7)11/h7-8H,4-6H2,1-3H3. The first-order chi connectivity index (χ1) is 4.97. The second-order valence-electron chi connectivity index (χ2n) is 5.15. The van der Waals surface area contributed by atoms with Gasteiger partial charge in [0.25, 0.3) is 0 Å². The molecule has 2 saturated carbocycles. The molecule has 0 aromatic carbocycles. The van der Waals surface area contributed by atoms with Gasteiger partial charge in [0.1, 0.15) is 0 Å². The van der Waals surface area contributed by atoms with E-state index >= 15 is 0 Å². The van der Waals surface area contributed by atoms with Gasteiger partial charge in [-0.1, -0.05) is 36.7 Å². The van der Waals surface area contributed by atoms with E-state index in [9.17, 15) is 0 Å². The predicted molar refractivity (Wildman–Crippen MR) is 51.9 cm³/mol. The van der Waals surface area contributed by atoms with E-state index < -0.39 is 0 Å². The summed E-state index contributed by atoms with van der Waals surface area (Å²) in [5.74, 6) is 0.937. The smallest absolute Gasteiger partial charge is 0.0184 e. The van der Waals surface area contributed by atoms with Crippen molar-refractivity contribution in [1.82, 2.24) is 0 Å². The molecule has 0 radical (unpaired) electrons. The van der Waals surface area contributed by atoms with E-state index in [4.69, 9.17) is 0 Å². The molecule has 2 rings (SSSR count). The Bertz CT molecular complexity index is 183. The Morgan fingerprint density at radius 1 is 1.27 bits per heavy atom. The quantitative estimate of drug-likeness (QED) is 0.544. The Morgan fingerprint density at radius 3 is 2.09 bits per heavy atom. The van der Waals surface area contributed by atoms with Crippen molar-refractivity contribution in [1.29, 1.82) is 0 Å². The summed E-state index contributed by atoms with van der Waals surface area (Å²) in [6, 6.07) is 0. The van der Waals surface area contributed by atoms with E-state index in [1.807, 2.05) is 0 Å². The molecule has 0 saturated heterocycles. The number of rotatable bonds is 0. The van der Waals surface area contributed by atoms with Crippen LogP contribution >= 0.6 is 15.9 Å². The van der Waals surface area contributed by atoms with Crippen LogP contribution in [0, 0.1) is 16.7 Å². The number of fused-ring (bicyclic) bond motifs is 2. The minimum absolute atomic E-state index is 0.584. The Hall–Kier alpha value is 0.480. The molecule has 11 heavy (non-hydrogen) atoms. The zero-order valence-electron chi connectivity index (χ0n) is 7.65. The summed E-state index contributed by atoms with van der Waals surface area (Å²) in [5.41, 5.74) is 1.22. The molecule has 0 nitrogen and oxygen atoms in total. The van der Waals surface area contributed by atoms with E-state index in [1.54, 1.807) is 0 Å². The van der Waals surface area contributed by atoms with Gasteiger partial charge in [-0.05, 0) is 36.0 Å². The van der Waals surface area contributed by atoms with E-state index in [2.05, 4.69) is 36.7 Å². The highest BCUT2D eigenvalue weighted by Crippen LogP contribution is 2.66. The number of hydrogen-bond donors (Lipinski definition) is 0. The summed E-state index contributed by atoms with van der Waals surface area (Å²) in [6.07, 6.45) is 4.29. The molecule has 3 unspecified atom stereocenters. The third kappa shape index (κ3) is 0.811. The first kappa shape index (κ1) is 8.10. The summed E-state index contributed by atoms with van der Waals surface area (Å²) in [7, 11) is 0. The summed E-state index contributed by atoms with van der Waals surface area (Å²) in [6.45, 7) is 7.37. The highest BCUT2D eigenvalue weighted by Gasteiger charge is 2.59. The molecule has 0 aromatic rings. The van der Waals surface area contributed by atoms with Gasteiger partial charge >= 0.3 is 0 Å². The zero-order valence-corrected chi connectivity index (χ0v) is 9.24. The largest absolute Gasteiger partial charge is 0.0887 e. The minimum atomic E-state index is 0.584. The Balaban J connectivity index is 2.37. The van der Waals surface area contributed by atoms with Gasteiger partial charge in [-0.3, -0.25) is 0 Å². The molecule has 2 aliphatic rings. The van der Waals surface area contributed by atoms with Crippen LogP contribution in [0.2, 0.25) is 0 Å². The van der Waals surface area contributed by atoms with Crippen LogP contribution in [-0.4, -0.2) is 4.83 Å². The lowest BCUT2D eigenvalue weighted by atomic mass is 9.71. The highest BCUT2D eigenvalue weighted by atomic mass is 79.9. The van der Waals surface area contributed by atoms with Crippen molar-refractivity contribution in [3.05, 3.63) is 0 Å². The molecule has 1 heteroatoms. The van der Waals surface area contributed by atoms with Gasteiger partial charge in [0, 0.05) is 4.83 Å². The highest BCUT2D eigenvalue weighted by molar-refractivity contribution is 9.09. The van der Waals surface area contributed by atoms with Gasteiger partial charge in [-0.2, -0.15) is 0 Å². The van der Waals surface area contributed by atoms with Crippen molar-refractivity contribution in [2.24, 2.45) is 16.7 Å². The Morgan fingerprint density at radius 2 is 1.91 bits per heavy atom. The zero-order chi connectivity index (χ0) is 8.28. The molecule has 2 fully saturated rings. The lowest BCUT2D eigenvalue weighted by molar-refractivity contribution is 0.152. The van der Waals surface area contributed by atoms with Crippen LogP contribution < -0.4 is 0 Å². The molecule has 0 heterocycles. The molecule has 2 bridgehead atoms. The maximum absolute atomic E-state index is 3.81. The molecule has 2 aliphatic carbocycles. The second-order valence-corrected chi connectivity index (χ2v) is 6.32. The molecule has 64 valence electrons. The lowest BCUT2D eigenvalue weighted by Crippen LogP contribution is -2.26. The second kappa shape index (κ2) is 2.04. The van der Waals surface area contributed by atoms with Gasteiger partial charge in [-0.15, -0.1) is 0 Å². The van der Waals surface area contributed by atoms with E-state index in [1.165, 1.54) is 19.3 Å². The maximum atomic E-state index is 3.81. The Labute approximate surface area is 77.9 Å². The SMILES string of the molecule is CC12CCC(C(Br)C1)C2(C)C. The van der Waals surface area contributed by atoms with Crippen molar-refractivity contribution < 1.29 is 0 Å². The Kier molecular flexibility index (Phi) is 1.50. The van der Waals surface area contributed by atoms with Crippen molar-refractivity contribution in [2.75, 3.05) is 0 Å². The average molecular weight is 217 g/mol. The van der Waals surface area contributed by atoms with E-state index in [0.29, 0.717) is 10.8 Å². The van der Waals surface area contributed by atoms with Gasteiger partial charge < -0.3 is 0 Å². The number of halogens is 1. The molecule has 0 spiro atoms. The maximum Gasteiger partial charge on any atom is 0.0184 e. The normalized spacial score (nSPS) is 53.5. The average Bonchev–Trinajstić information content (AvgIpc) is 2.13. The van der Waals surface area contributed by atoms with Crippen LogP contribution in [0.4, 0.5) is 0 Å². The third-order valence-electron chi connectivity index (χ3n) is 4.57. The molecular weight excluding hydrogens is 200 g/mol. The topological polar surface area (TPSA) is 0 Å². The van der Waals surface area contributed by atoms with Gasteiger partial charge in [0.15, 0.2) is 0 Å². The molecule has 3 atom stereocenters. The fraction of sp³-hybridized carbons (Fsp3) is 1.00. The van der Waals surface area contributed by atoms with Crippen LogP contribution in [0.25, 0.3) is 0 Å². The van der Waals surface area contributed by atoms with Crippen molar-refractivity contribution >= 4 is 15.9 Å². The van der Waals surface area contributed by atoms with Crippen molar-refractivity contribution in [2.45, 2.75) is 44.9 Å². The van der Waals surface area contributed by atoms with E-state index in [-0.39, 0.29) is 0 Å².